The lowest BCUT2D eigenvalue weighted by Crippen LogP contribution is -2.42. The third-order valence-electron chi connectivity index (χ3n) is 9.63. The molecule has 4 heterocycles. The average Bonchev–Trinajstić information content (AvgIpc) is 3.86. The number of phenols is 1. The van der Waals surface area contributed by atoms with Crippen LogP contribution in [0.5, 0.6) is 11.8 Å². The van der Waals surface area contributed by atoms with Crippen molar-refractivity contribution in [2.45, 2.75) is 57.3 Å². The molecular formula is C37H45FN8O4S. The minimum absolute atomic E-state index is 0.0307. The maximum atomic E-state index is 15.0. The Hall–Kier alpha value is -4.42. The molecule has 7 rings (SSSR count). The number of nitrogens with one attached hydrogen (secondary N) is 2. The Morgan fingerprint density at radius 1 is 1.29 bits per heavy atom. The molecule has 1 aromatic heterocycles. The first-order valence-corrected chi connectivity index (χ1v) is 18.2. The number of morpholine rings is 1. The maximum absolute atomic E-state index is 15.0. The van der Waals surface area contributed by atoms with Crippen LogP contribution in [0, 0.1) is 34.4 Å². The van der Waals surface area contributed by atoms with Crippen LogP contribution in [0.2, 0.25) is 0 Å². The van der Waals surface area contributed by atoms with Crippen molar-refractivity contribution in [3.05, 3.63) is 52.6 Å². The molecule has 3 aliphatic heterocycles. The molecule has 1 aliphatic carbocycles. The van der Waals surface area contributed by atoms with Gasteiger partial charge in [0.25, 0.3) is 0 Å². The molecule has 270 valence electrons. The minimum Gasteiger partial charge on any atom is -0.505 e. The fourth-order valence-electron chi connectivity index (χ4n) is 6.53. The molecule has 3 aromatic rings. The second kappa shape index (κ2) is 15.4. The van der Waals surface area contributed by atoms with Gasteiger partial charge in [0.05, 0.1) is 42.2 Å². The standard InChI is InChI=1S/C29H30FN7O4S.C8H15N/c1-14(32)8-34-28-24-19-12-39-11-18(19)22(16-3-4-20(30)27-23(16)17(7-31)21(33)13-42-27)26(38)25(24)35-29(36-28)41-10-15-9-37(2)5-6-40-15;1-3-6(2)8(9)7-4-5-7/h3-4,15,38H,1,5-6,8-13,32-33H2,2H3,(H,34,35,36);6-7,9H,3-5H2,1-2H3. The van der Waals surface area contributed by atoms with E-state index in [2.05, 4.69) is 46.7 Å². The van der Waals surface area contributed by atoms with Gasteiger partial charge < -0.3 is 46.4 Å². The van der Waals surface area contributed by atoms with E-state index in [0.29, 0.717) is 74.7 Å². The van der Waals surface area contributed by atoms with Crippen molar-refractivity contribution in [1.29, 1.82) is 10.7 Å². The third kappa shape index (κ3) is 7.62. The molecule has 1 saturated heterocycles. The van der Waals surface area contributed by atoms with E-state index in [9.17, 15) is 14.8 Å². The van der Waals surface area contributed by atoms with E-state index < -0.39 is 5.82 Å². The average molecular weight is 717 g/mol. The maximum Gasteiger partial charge on any atom is 0.319 e. The summed E-state index contributed by atoms with van der Waals surface area (Å²) >= 11 is 1.22. The number of nitrogens with zero attached hydrogens (tertiary/aromatic N) is 4. The number of likely N-dealkylation sites (N-methyl/N-ethyl adjacent to an activating group) is 1. The van der Waals surface area contributed by atoms with Crippen molar-refractivity contribution < 1.29 is 23.7 Å². The fourth-order valence-corrected chi connectivity index (χ4v) is 7.54. The molecule has 0 bridgehead atoms. The molecule has 1 saturated carbocycles. The summed E-state index contributed by atoms with van der Waals surface area (Å²) in [7, 11) is 2.01. The van der Waals surface area contributed by atoms with Gasteiger partial charge in [-0.3, -0.25) is 0 Å². The van der Waals surface area contributed by atoms with Crippen molar-refractivity contribution in [2.75, 3.05) is 51.0 Å². The molecule has 0 spiro atoms. The number of fused-ring (bicyclic) bond motifs is 4. The molecule has 2 atom stereocenters. The van der Waals surface area contributed by atoms with E-state index in [1.165, 1.54) is 30.7 Å². The zero-order chi connectivity index (χ0) is 36.4. The van der Waals surface area contributed by atoms with Crippen molar-refractivity contribution in [1.82, 2.24) is 14.9 Å². The van der Waals surface area contributed by atoms with Crippen LogP contribution in [0.4, 0.5) is 10.2 Å². The summed E-state index contributed by atoms with van der Waals surface area (Å²) < 4.78 is 32.7. The highest BCUT2D eigenvalue weighted by Gasteiger charge is 2.33. The molecule has 4 aliphatic rings. The van der Waals surface area contributed by atoms with E-state index in [-0.39, 0.29) is 61.1 Å². The summed E-state index contributed by atoms with van der Waals surface area (Å²) in [6.07, 6.45) is 3.52. The first kappa shape index (κ1) is 36.4. The number of benzene rings is 2. The summed E-state index contributed by atoms with van der Waals surface area (Å²) in [6.45, 7) is 11.0. The first-order valence-electron chi connectivity index (χ1n) is 17.2. The summed E-state index contributed by atoms with van der Waals surface area (Å²) in [5.41, 5.74) is 16.8. The van der Waals surface area contributed by atoms with Gasteiger partial charge in [-0.1, -0.05) is 26.5 Å². The Morgan fingerprint density at radius 2 is 2.06 bits per heavy atom. The number of hydrogen-bond acceptors (Lipinski definition) is 13. The minimum atomic E-state index is -0.464. The Kier molecular flexibility index (Phi) is 11.0. The number of nitriles is 1. The van der Waals surface area contributed by atoms with Gasteiger partial charge in [0, 0.05) is 47.1 Å². The molecule has 12 nitrogen and oxygen atoms in total. The number of nitrogens with two attached hydrogens (primary N) is 2. The number of thioether (sulfide) groups is 1. The Labute approximate surface area is 301 Å². The molecule has 0 amide bonds. The monoisotopic (exact) mass is 716 g/mol. The van der Waals surface area contributed by atoms with Crippen molar-refractivity contribution in [3.63, 3.8) is 0 Å². The van der Waals surface area contributed by atoms with Crippen molar-refractivity contribution >= 4 is 39.8 Å². The molecule has 2 fully saturated rings. The van der Waals surface area contributed by atoms with E-state index in [4.69, 9.17) is 31.1 Å². The van der Waals surface area contributed by atoms with Gasteiger partial charge in [0.1, 0.15) is 41.7 Å². The number of aromatic hydroxyl groups is 1. The van der Waals surface area contributed by atoms with E-state index in [1.54, 1.807) is 6.07 Å². The largest absolute Gasteiger partial charge is 0.505 e. The molecule has 51 heavy (non-hydrogen) atoms. The highest BCUT2D eigenvalue weighted by Crippen LogP contribution is 2.50. The lowest BCUT2D eigenvalue weighted by atomic mass is 9.87. The van der Waals surface area contributed by atoms with Gasteiger partial charge in [-0.05, 0) is 60.9 Å². The van der Waals surface area contributed by atoms with Gasteiger partial charge in [0.15, 0.2) is 0 Å². The zero-order valence-electron chi connectivity index (χ0n) is 29.3. The van der Waals surface area contributed by atoms with Gasteiger partial charge in [-0.15, -0.1) is 11.8 Å². The summed E-state index contributed by atoms with van der Waals surface area (Å²) in [6, 6.07) is 5.05. The highest BCUT2D eigenvalue weighted by atomic mass is 32.2. The highest BCUT2D eigenvalue weighted by molar-refractivity contribution is 7.99. The van der Waals surface area contributed by atoms with Gasteiger partial charge >= 0.3 is 6.01 Å². The summed E-state index contributed by atoms with van der Waals surface area (Å²) in [5, 5.41) is 33.2. The number of anilines is 1. The van der Waals surface area contributed by atoms with E-state index in [0.717, 1.165) is 24.2 Å². The number of allylic oxidation sites excluding steroid dienone is 1. The second-order valence-corrected chi connectivity index (χ2v) is 14.5. The summed E-state index contributed by atoms with van der Waals surface area (Å²) in [5.74, 6) is 1.26. The number of halogens is 1. The molecule has 7 N–H and O–H groups in total. The number of phenolic OH excluding ortho intramolecular Hbond substituents is 1. The van der Waals surface area contributed by atoms with Gasteiger partial charge in [-0.25, -0.2) is 4.39 Å². The van der Waals surface area contributed by atoms with Crippen molar-refractivity contribution in [2.24, 2.45) is 23.3 Å². The summed E-state index contributed by atoms with van der Waals surface area (Å²) in [4.78, 5) is 11.7. The number of rotatable bonds is 10. The first-order chi connectivity index (χ1) is 24.5. The number of aromatic nitrogens is 2. The predicted octanol–water partition coefficient (Wildman–Crippen LogP) is 5.53. The van der Waals surface area contributed by atoms with Crippen LogP contribution in [-0.4, -0.2) is 77.4 Å². The van der Waals surface area contributed by atoms with Crippen LogP contribution in [0.15, 0.2) is 35.0 Å². The molecular weight excluding hydrogens is 672 g/mol. The van der Waals surface area contributed by atoms with Crippen LogP contribution < -0.4 is 21.5 Å². The van der Waals surface area contributed by atoms with Crippen molar-refractivity contribution in [3.8, 4) is 29.0 Å². The molecule has 2 unspecified atom stereocenters. The molecule has 14 heteroatoms. The van der Waals surface area contributed by atoms with Crippen LogP contribution in [0.25, 0.3) is 27.6 Å². The lowest BCUT2D eigenvalue weighted by molar-refractivity contribution is -0.0416. The third-order valence-corrected chi connectivity index (χ3v) is 10.8. The van der Waals surface area contributed by atoms with Gasteiger partial charge in [0.2, 0.25) is 0 Å². The Morgan fingerprint density at radius 3 is 2.75 bits per heavy atom. The van der Waals surface area contributed by atoms with E-state index >= 15 is 0 Å². The van der Waals surface area contributed by atoms with Crippen LogP contribution >= 0.6 is 11.8 Å². The topological polar surface area (TPSA) is 189 Å². The molecule has 2 aromatic carbocycles. The predicted molar refractivity (Wildman–Crippen MR) is 197 cm³/mol. The lowest BCUT2D eigenvalue weighted by Gasteiger charge is -2.29. The normalized spacial score (nSPS) is 19.0. The quantitative estimate of drug-likeness (QED) is 0.165. The SMILES string of the molecule is C=C(N)CNc1nc(OCC2CN(C)CCO2)nc2c(O)c(-c3ccc(F)c4c3C(C#N)=C(N)CS4)c3c(c12)COC3.CCC(C)C(=N)C1CC1. The van der Waals surface area contributed by atoms with Crippen LogP contribution in [0.1, 0.15) is 49.8 Å². The zero-order valence-corrected chi connectivity index (χ0v) is 30.1. The fraction of sp³-hybridized carbons (Fsp3) is 0.459. The van der Waals surface area contributed by atoms with Crippen LogP contribution in [-0.2, 0) is 22.7 Å². The Bertz CT molecular complexity index is 1940. The van der Waals surface area contributed by atoms with Crippen LogP contribution in [0.3, 0.4) is 0 Å². The Balaban J connectivity index is 0.000000435. The number of ether oxygens (including phenoxy) is 3. The number of hydrogen-bond donors (Lipinski definition) is 5. The molecule has 0 radical (unpaired) electrons. The second-order valence-electron chi connectivity index (χ2n) is 13.5. The van der Waals surface area contributed by atoms with E-state index in [1.807, 2.05) is 7.05 Å². The van der Waals surface area contributed by atoms with Gasteiger partial charge in [-0.2, -0.15) is 15.2 Å². The smallest absolute Gasteiger partial charge is 0.319 e.